The Balaban J connectivity index is 0.00000361. The van der Waals surface area contributed by atoms with Gasteiger partial charge in [-0.05, 0) is 54.9 Å². The summed E-state index contributed by atoms with van der Waals surface area (Å²) in [5.41, 5.74) is 10.1. The molecule has 0 saturated heterocycles. The molecule has 0 aliphatic heterocycles. The summed E-state index contributed by atoms with van der Waals surface area (Å²) in [6.07, 6.45) is 1.95. The van der Waals surface area contributed by atoms with Crippen molar-refractivity contribution in [2.75, 3.05) is 6.61 Å². The van der Waals surface area contributed by atoms with Gasteiger partial charge in [0.1, 0.15) is 5.75 Å². The van der Waals surface area contributed by atoms with Gasteiger partial charge in [-0.3, -0.25) is 0 Å². The molecule has 0 aliphatic carbocycles. The summed E-state index contributed by atoms with van der Waals surface area (Å²) >= 11 is 0. The highest BCUT2D eigenvalue weighted by Crippen LogP contribution is 2.34. The van der Waals surface area contributed by atoms with Crippen molar-refractivity contribution in [3.63, 3.8) is 0 Å². The SMILES string of the molecule is CCOc1cc(C)c(CC(N)CC)cc1C(C)(C)C.Cl. The molecule has 1 aromatic carbocycles. The molecular formula is C17H30ClNO. The molecule has 0 fully saturated rings. The Morgan fingerprint density at radius 2 is 1.80 bits per heavy atom. The minimum atomic E-state index is 0. The zero-order chi connectivity index (χ0) is 14.6. The number of hydrogen-bond donors (Lipinski definition) is 1. The summed E-state index contributed by atoms with van der Waals surface area (Å²) in [4.78, 5) is 0. The maximum absolute atomic E-state index is 6.10. The van der Waals surface area contributed by atoms with Gasteiger partial charge in [0.15, 0.2) is 0 Å². The van der Waals surface area contributed by atoms with E-state index in [0.717, 1.165) is 18.6 Å². The Hall–Kier alpha value is -0.730. The zero-order valence-electron chi connectivity index (χ0n) is 13.7. The van der Waals surface area contributed by atoms with Crippen LogP contribution in [0, 0.1) is 6.92 Å². The van der Waals surface area contributed by atoms with Crippen molar-refractivity contribution in [3.8, 4) is 5.75 Å². The fourth-order valence-corrected chi connectivity index (χ4v) is 2.23. The van der Waals surface area contributed by atoms with Crippen molar-refractivity contribution < 1.29 is 4.74 Å². The van der Waals surface area contributed by atoms with Crippen LogP contribution in [0.5, 0.6) is 5.75 Å². The Morgan fingerprint density at radius 3 is 2.25 bits per heavy atom. The lowest BCUT2D eigenvalue weighted by Gasteiger charge is -2.25. The van der Waals surface area contributed by atoms with Gasteiger partial charge < -0.3 is 10.5 Å². The lowest BCUT2D eigenvalue weighted by atomic mass is 9.83. The molecule has 2 N–H and O–H groups in total. The first kappa shape index (κ1) is 19.3. The average molecular weight is 300 g/mol. The first-order valence-corrected chi connectivity index (χ1v) is 7.32. The normalized spacial score (nSPS) is 12.8. The standard InChI is InChI=1S/C17H29NO.ClH/c1-7-14(18)10-13-11-15(17(4,5)6)16(19-8-2)9-12(13)3;/h9,11,14H,7-8,10,18H2,1-6H3;1H. The number of hydrogen-bond acceptors (Lipinski definition) is 2. The van der Waals surface area contributed by atoms with E-state index in [1.54, 1.807) is 0 Å². The smallest absolute Gasteiger partial charge is 0.123 e. The third-order valence-electron chi connectivity index (χ3n) is 3.55. The quantitative estimate of drug-likeness (QED) is 0.875. The van der Waals surface area contributed by atoms with Crippen LogP contribution < -0.4 is 10.5 Å². The number of ether oxygens (including phenoxy) is 1. The van der Waals surface area contributed by atoms with E-state index in [4.69, 9.17) is 10.5 Å². The first-order valence-electron chi connectivity index (χ1n) is 7.32. The van der Waals surface area contributed by atoms with Gasteiger partial charge in [-0.2, -0.15) is 0 Å². The van der Waals surface area contributed by atoms with Crippen molar-refractivity contribution in [3.05, 3.63) is 28.8 Å². The van der Waals surface area contributed by atoms with Crippen LogP contribution in [0.1, 0.15) is 57.7 Å². The van der Waals surface area contributed by atoms with Gasteiger partial charge >= 0.3 is 0 Å². The highest BCUT2D eigenvalue weighted by atomic mass is 35.5. The van der Waals surface area contributed by atoms with E-state index in [0.29, 0.717) is 6.61 Å². The predicted octanol–water partition coefficient (Wildman–Crippen LogP) is 4.39. The molecule has 0 amide bonds. The molecule has 0 radical (unpaired) electrons. The molecule has 0 spiro atoms. The minimum Gasteiger partial charge on any atom is -0.494 e. The summed E-state index contributed by atoms with van der Waals surface area (Å²) in [6, 6.07) is 4.70. The molecule has 1 atom stereocenters. The van der Waals surface area contributed by atoms with Crippen molar-refractivity contribution in [2.24, 2.45) is 5.73 Å². The summed E-state index contributed by atoms with van der Waals surface area (Å²) in [7, 11) is 0. The number of rotatable bonds is 5. The zero-order valence-corrected chi connectivity index (χ0v) is 14.6. The number of aryl methyl sites for hydroxylation is 1. The fourth-order valence-electron chi connectivity index (χ4n) is 2.23. The topological polar surface area (TPSA) is 35.2 Å². The molecule has 0 heterocycles. The molecule has 0 bridgehead atoms. The molecule has 0 saturated carbocycles. The van der Waals surface area contributed by atoms with Crippen LogP contribution in [0.25, 0.3) is 0 Å². The van der Waals surface area contributed by atoms with Gasteiger partial charge in [-0.1, -0.05) is 33.8 Å². The van der Waals surface area contributed by atoms with Crippen molar-refractivity contribution in [1.82, 2.24) is 0 Å². The van der Waals surface area contributed by atoms with Gasteiger partial charge in [0.05, 0.1) is 6.61 Å². The van der Waals surface area contributed by atoms with E-state index < -0.39 is 0 Å². The number of nitrogens with two attached hydrogens (primary N) is 1. The van der Waals surface area contributed by atoms with E-state index in [9.17, 15) is 0 Å². The van der Waals surface area contributed by atoms with Crippen LogP contribution in [0.2, 0.25) is 0 Å². The largest absolute Gasteiger partial charge is 0.494 e. The summed E-state index contributed by atoms with van der Waals surface area (Å²) in [5.74, 6) is 1.02. The van der Waals surface area contributed by atoms with Crippen molar-refractivity contribution in [1.29, 1.82) is 0 Å². The van der Waals surface area contributed by atoms with Crippen LogP contribution in [0.15, 0.2) is 12.1 Å². The van der Waals surface area contributed by atoms with Crippen LogP contribution >= 0.6 is 12.4 Å². The van der Waals surface area contributed by atoms with Crippen LogP contribution in [0.3, 0.4) is 0 Å². The van der Waals surface area contributed by atoms with Crippen molar-refractivity contribution >= 4 is 12.4 Å². The second kappa shape index (κ2) is 7.90. The molecule has 3 heteroatoms. The molecule has 1 aromatic rings. The molecular weight excluding hydrogens is 270 g/mol. The van der Waals surface area contributed by atoms with Crippen LogP contribution in [-0.4, -0.2) is 12.6 Å². The molecule has 2 nitrogen and oxygen atoms in total. The fraction of sp³-hybridized carbons (Fsp3) is 0.647. The van der Waals surface area contributed by atoms with E-state index in [2.05, 4.69) is 46.8 Å². The maximum atomic E-state index is 6.10. The Morgan fingerprint density at radius 1 is 1.20 bits per heavy atom. The first-order chi connectivity index (χ1) is 8.79. The van der Waals surface area contributed by atoms with E-state index >= 15 is 0 Å². The second-order valence-corrected chi connectivity index (χ2v) is 6.33. The Kier molecular flexibility index (Phi) is 7.61. The highest BCUT2D eigenvalue weighted by Gasteiger charge is 2.21. The van der Waals surface area contributed by atoms with Gasteiger partial charge in [-0.25, -0.2) is 0 Å². The van der Waals surface area contributed by atoms with E-state index in [-0.39, 0.29) is 23.9 Å². The third kappa shape index (κ3) is 4.99. The van der Waals surface area contributed by atoms with E-state index in [1.165, 1.54) is 16.7 Å². The van der Waals surface area contributed by atoms with Crippen LogP contribution in [-0.2, 0) is 11.8 Å². The van der Waals surface area contributed by atoms with Crippen molar-refractivity contribution in [2.45, 2.75) is 65.8 Å². The van der Waals surface area contributed by atoms with Gasteiger partial charge in [0.25, 0.3) is 0 Å². The molecule has 116 valence electrons. The lowest BCUT2D eigenvalue weighted by Crippen LogP contribution is -2.23. The third-order valence-corrected chi connectivity index (χ3v) is 3.55. The summed E-state index contributed by atoms with van der Waals surface area (Å²) < 4.78 is 5.80. The predicted molar refractivity (Wildman–Crippen MR) is 90.3 cm³/mol. The highest BCUT2D eigenvalue weighted by molar-refractivity contribution is 5.85. The number of benzene rings is 1. The van der Waals surface area contributed by atoms with E-state index in [1.807, 2.05) is 6.92 Å². The molecule has 0 aliphatic rings. The molecule has 1 rings (SSSR count). The van der Waals surface area contributed by atoms with Crippen LogP contribution in [0.4, 0.5) is 0 Å². The number of halogens is 1. The summed E-state index contributed by atoms with van der Waals surface area (Å²) in [6.45, 7) is 13.7. The lowest BCUT2D eigenvalue weighted by molar-refractivity contribution is 0.329. The van der Waals surface area contributed by atoms with Gasteiger partial charge in [0, 0.05) is 6.04 Å². The minimum absolute atomic E-state index is 0. The average Bonchev–Trinajstić information content (AvgIpc) is 2.31. The maximum Gasteiger partial charge on any atom is 0.123 e. The summed E-state index contributed by atoms with van der Waals surface area (Å²) in [5, 5.41) is 0. The Bertz CT molecular complexity index is 424. The second-order valence-electron chi connectivity index (χ2n) is 6.33. The van der Waals surface area contributed by atoms with Gasteiger partial charge in [0.2, 0.25) is 0 Å². The molecule has 20 heavy (non-hydrogen) atoms. The monoisotopic (exact) mass is 299 g/mol. The molecule has 0 aromatic heterocycles. The van der Waals surface area contributed by atoms with Gasteiger partial charge in [-0.15, -0.1) is 12.4 Å². The Labute approximate surface area is 130 Å². The molecule has 1 unspecified atom stereocenters.